The SMILES string of the molecule is COc1ccc(C2(C)NC(=O)N(Cc3ccccc3OC(F)F)C2=O)cc1OC. The van der Waals surface area contributed by atoms with E-state index in [4.69, 9.17) is 9.47 Å². The summed E-state index contributed by atoms with van der Waals surface area (Å²) in [6.45, 7) is -1.66. The van der Waals surface area contributed by atoms with Crippen LogP contribution in [0.4, 0.5) is 13.6 Å². The fourth-order valence-corrected chi connectivity index (χ4v) is 3.20. The molecule has 0 aromatic heterocycles. The lowest BCUT2D eigenvalue weighted by atomic mass is 9.91. The minimum atomic E-state index is -3.02. The van der Waals surface area contributed by atoms with Crippen molar-refractivity contribution in [3.8, 4) is 17.2 Å². The maximum atomic E-state index is 13.1. The first-order valence-corrected chi connectivity index (χ1v) is 8.69. The van der Waals surface area contributed by atoms with E-state index in [1.807, 2.05) is 0 Å². The van der Waals surface area contributed by atoms with Crippen molar-refractivity contribution in [1.29, 1.82) is 0 Å². The van der Waals surface area contributed by atoms with Gasteiger partial charge in [-0.2, -0.15) is 8.78 Å². The van der Waals surface area contributed by atoms with Crippen molar-refractivity contribution in [3.63, 3.8) is 0 Å². The largest absolute Gasteiger partial charge is 0.493 e. The van der Waals surface area contributed by atoms with Gasteiger partial charge in [0.25, 0.3) is 5.91 Å². The first-order chi connectivity index (χ1) is 13.8. The van der Waals surface area contributed by atoms with Crippen LogP contribution in [-0.2, 0) is 16.9 Å². The van der Waals surface area contributed by atoms with E-state index in [1.54, 1.807) is 31.2 Å². The molecule has 1 aliphatic rings. The molecule has 1 unspecified atom stereocenters. The summed E-state index contributed by atoms with van der Waals surface area (Å²) in [6.07, 6.45) is 0. The number of nitrogens with one attached hydrogen (secondary N) is 1. The molecule has 1 N–H and O–H groups in total. The number of urea groups is 1. The molecule has 154 valence electrons. The number of hydrogen-bond donors (Lipinski definition) is 1. The molecule has 9 heteroatoms. The normalized spacial score (nSPS) is 18.8. The number of alkyl halides is 2. The summed E-state index contributed by atoms with van der Waals surface area (Å²) < 4.78 is 40.2. The van der Waals surface area contributed by atoms with E-state index in [0.717, 1.165) is 4.90 Å². The monoisotopic (exact) mass is 406 g/mol. The Bertz CT molecular complexity index is 937. The zero-order valence-corrected chi connectivity index (χ0v) is 16.1. The first kappa shape index (κ1) is 20.4. The molecule has 2 aromatic carbocycles. The van der Waals surface area contributed by atoms with Gasteiger partial charge in [0.2, 0.25) is 0 Å². The van der Waals surface area contributed by atoms with Crippen molar-refractivity contribution in [2.45, 2.75) is 25.6 Å². The van der Waals surface area contributed by atoms with Crippen molar-refractivity contribution in [2.24, 2.45) is 0 Å². The molecule has 0 bridgehead atoms. The lowest BCUT2D eigenvalue weighted by molar-refractivity contribution is -0.131. The molecule has 2 aromatic rings. The minimum Gasteiger partial charge on any atom is -0.493 e. The van der Waals surface area contributed by atoms with Gasteiger partial charge in [0, 0.05) is 5.56 Å². The van der Waals surface area contributed by atoms with Crippen LogP contribution in [-0.4, -0.2) is 37.7 Å². The third-order valence-electron chi connectivity index (χ3n) is 4.75. The van der Waals surface area contributed by atoms with Crippen LogP contribution >= 0.6 is 0 Å². The van der Waals surface area contributed by atoms with Gasteiger partial charge in [0.15, 0.2) is 11.5 Å². The summed E-state index contributed by atoms with van der Waals surface area (Å²) in [5, 5.41) is 2.67. The molecule has 1 heterocycles. The molecule has 0 aliphatic carbocycles. The zero-order valence-electron chi connectivity index (χ0n) is 16.1. The molecule has 1 saturated heterocycles. The average molecular weight is 406 g/mol. The maximum Gasteiger partial charge on any atom is 0.387 e. The highest BCUT2D eigenvalue weighted by molar-refractivity contribution is 6.07. The topological polar surface area (TPSA) is 77.1 Å². The van der Waals surface area contributed by atoms with E-state index in [2.05, 4.69) is 10.1 Å². The fourth-order valence-electron chi connectivity index (χ4n) is 3.20. The van der Waals surface area contributed by atoms with E-state index in [9.17, 15) is 18.4 Å². The Morgan fingerprint density at radius 3 is 2.38 bits per heavy atom. The number of para-hydroxylation sites is 1. The number of nitrogens with zero attached hydrogens (tertiary/aromatic N) is 1. The molecule has 29 heavy (non-hydrogen) atoms. The first-order valence-electron chi connectivity index (χ1n) is 8.69. The number of methoxy groups -OCH3 is 2. The second kappa shape index (κ2) is 7.94. The van der Waals surface area contributed by atoms with Crippen LogP contribution in [0.3, 0.4) is 0 Å². The van der Waals surface area contributed by atoms with Gasteiger partial charge in [-0.1, -0.05) is 24.3 Å². The quantitative estimate of drug-likeness (QED) is 0.715. The summed E-state index contributed by atoms with van der Waals surface area (Å²) >= 11 is 0. The predicted molar refractivity (Wildman–Crippen MR) is 99.1 cm³/mol. The second-order valence-electron chi connectivity index (χ2n) is 6.50. The van der Waals surface area contributed by atoms with Crippen LogP contribution in [0.2, 0.25) is 0 Å². The van der Waals surface area contributed by atoms with Crippen LogP contribution in [0.1, 0.15) is 18.1 Å². The Morgan fingerprint density at radius 1 is 1.03 bits per heavy atom. The number of rotatable bonds is 7. The molecule has 1 atom stereocenters. The van der Waals surface area contributed by atoms with Gasteiger partial charge in [0.05, 0.1) is 20.8 Å². The van der Waals surface area contributed by atoms with Gasteiger partial charge in [0.1, 0.15) is 11.3 Å². The Morgan fingerprint density at radius 2 is 1.72 bits per heavy atom. The van der Waals surface area contributed by atoms with Crippen LogP contribution in [0.15, 0.2) is 42.5 Å². The number of halogens is 2. The molecule has 1 fully saturated rings. The number of amides is 3. The summed E-state index contributed by atoms with van der Waals surface area (Å²) in [7, 11) is 2.95. The van der Waals surface area contributed by atoms with Crippen molar-refractivity contribution in [3.05, 3.63) is 53.6 Å². The Hall–Kier alpha value is -3.36. The fraction of sp³-hybridized carbons (Fsp3) is 0.300. The summed E-state index contributed by atoms with van der Waals surface area (Å²) in [4.78, 5) is 26.6. The number of hydrogen-bond acceptors (Lipinski definition) is 5. The van der Waals surface area contributed by atoms with E-state index in [-0.39, 0.29) is 17.9 Å². The summed E-state index contributed by atoms with van der Waals surface area (Å²) in [5.41, 5.74) is -0.573. The Balaban J connectivity index is 1.90. The van der Waals surface area contributed by atoms with Crippen molar-refractivity contribution >= 4 is 11.9 Å². The molecule has 3 amide bonds. The van der Waals surface area contributed by atoms with E-state index in [1.165, 1.54) is 32.4 Å². The number of ether oxygens (including phenoxy) is 3. The van der Waals surface area contributed by atoms with Crippen LogP contribution in [0.25, 0.3) is 0 Å². The summed E-state index contributed by atoms with van der Waals surface area (Å²) in [6, 6.07) is 10.3. The lowest BCUT2D eigenvalue weighted by Gasteiger charge is -2.23. The van der Waals surface area contributed by atoms with Gasteiger partial charge in [-0.25, -0.2) is 4.79 Å². The van der Waals surface area contributed by atoms with E-state index in [0.29, 0.717) is 17.1 Å². The van der Waals surface area contributed by atoms with Crippen molar-refractivity contribution < 1.29 is 32.6 Å². The van der Waals surface area contributed by atoms with Crippen molar-refractivity contribution in [1.82, 2.24) is 10.2 Å². The van der Waals surface area contributed by atoms with E-state index < -0.39 is 24.1 Å². The van der Waals surface area contributed by atoms with Crippen LogP contribution in [0.5, 0.6) is 17.2 Å². The third-order valence-corrected chi connectivity index (χ3v) is 4.75. The highest BCUT2D eigenvalue weighted by Gasteiger charge is 2.49. The van der Waals surface area contributed by atoms with Gasteiger partial charge in [-0.3, -0.25) is 9.69 Å². The van der Waals surface area contributed by atoms with Gasteiger partial charge in [-0.15, -0.1) is 0 Å². The molecule has 0 radical (unpaired) electrons. The van der Waals surface area contributed by atoms with Gasteiger partial charge >= 0.3 is 12.6 Å². The third kappa shape index (κ3) is 3.80. The zero-order chi connectivity index (χ0) is 21.2. The van der Waals surface area contributed by atoms with Crippen LogP contribution < -0.4 is 19.5 Å². The summed E-state index contributed by atoms with van der Waals surface area (Å²) in [5.74, 6) is 0.262. The smallest absolute Gasteiger partial charge is 0.387 e. The molecule has 1 aliphatic heterocycles. The maximum absolute atomic E-state index is 13.1. The lowest BCUT2D eigenvalue weighted by Crippen LogP contribution is -2.40. The molecule has 3 rings (SSSR count). The molecular formula is C20H20F2N2O5. The highest BCUT2D eigenvalue weighted by atomic mass is 19.3. The molecular weight excluding hydrogens is 386 g/mol. The Labute approximate surface area is 166 Å². The molecule has 0 spiro atoms. The van der Waals surface area contributed by atoms with E-state index >= 15 is 0 Å². The predicted octanol–water partition coefficient (Wildman–Crippen LogP) is 3.27. The van der Waals surface area contributed by atoms with Crippen LogP contribution in [0, 0.1) is 0 Å². The molecule has 7 nitrogen and oxygen atoms in total. The average Bonchev–Trinajstić information content (AvgIpc) is 2.92. The van der Waals surface area contributed by atoms with Gasteiger partial charge < -0.3 is 19.5 Å². The standard InChI is InChI=1S/C20H20F2N2O5/c1-20(13-8-9-15(27-2)16(10-13)28-3)17(25)24(19(26)23-20)11-12-6-4-5-7-14(12)29-18(21)22/h4-10,18H,11H2,1-3H3,(H,23,26). The number of carbonyl (C=O) groups excluding carboxylic acids is 2. The van der Waals surface area contributed by atoms with Gasteiger partial charge in [-0.05, 0) is 30.7 Å². The van der Waals surface area contributed by atoms with Crippen molar-refractivity contribution in [2.75, 3.05) is 14.2 Å². The number of carbonyl (C=O) groups is 2. The second-order valence-corrected chi connectivity index (χ2v) is 6.50. The number of imide groups is 1. The Kier molecular flexibility index (Phi) is 5.58. The highest BCUT2D eigenvalue weighted by Crippen LogP contribution is 2.36. The molecule has 0 saturated carbocycles. The minimum absolute atomic E-state index is 0.0946. The number of benzene rings is 2.